The number of nitrogens with zero attached hydrogens (tertiary/aromatic N) is 5. The van der Waals surface area contributed by atoms with Crippen LogP contribution in [0.1, 0.15) is 5.56 Å². The van der Waals surface area contributed by atoms with Crippen LogP contribution in [0.15, 0.2) is 71.8 Å². The molecule has 0 unspecified atom stereocenters. The Kier molecular flexibility index (Phi) is 6.59. The maximum absolute atomic E-state index is 5.43. The van der Waals surface area contributed by atoms with Gasteiger partial charge in [0, 0.05) is 25.0 Å². The van der Waals surface area contributed by atoms with E-state index < -0.39 is 0 Å². The lowest BCUT2D eigenvalue weighted by molar-refractivity contribution is 0.122. The Balaban J connectivity index is 1.49. The maximum atomic E-state index is 5.43. The van der Waals surface area contributed by atoms with E-state index in [0.29, 0.717) is 31.1 Å². The zero-order valence-electron chi connectivity index (χ0n) is 16.5. The van der Waals surface area contributed by atoms with Gasteiger partial charge in [0.1, 0.15) is 0 Å². The Morgan fingerprint density at radius 2 is 1.57 bits per heavy atom. The van der Waals surface area contributed by atoms with Crippen molar-refractivity contribution in [3.05, 3.63) is 72.3 Å². The zero-order chi connectivity index (χ0) is 20.4. The Morgan fingerprint density at radius 3 is 2.33 bits per heavy atom. The lowest BCUT2D eigenvalue weighted by atomic mass is 10.2. The van der Waals surface area contributed by atoms with E-state index in [1.165, 1.54) is 0 Å². The number of hydrogen-bond donors (Lipinski definition) is 2. The molecule has 0 saturated carbocycles. The minimum atomic E-state index is 0.370. The molecule has 1 aromatic heterocycles. The van der Waals surface area contributed by atoms with Crippen molar-refractivity contribution in [2.75, 3.05) is 41.9 Å². The number of benzene rings is 2. The fourth-order valence-electron chi connectivity index (χ4n) is 2.88. The van der Waals surface area contributed by atoms with Crippen molar-refractivity contribution in [2.24, 2.45) is 5.10 Å². The van der Waals surface area contributed by atoms with Crippen molar-refractivity contribution < 1.29 is 4.74 Å². The van der Waals surface area contributed by atoms with Gasteiger partial charge in [0.2, 0.25) is 17.8 Å². The predicted octanol–water partition coefficient (Wildman–Crippen LogP) is 3.56. The molecule has 1 aliphatic rings. The summed E-state index contributed by atoms with van der Waals surface area (Å²) in [5.74, 6) is 1.41. The van der Waals surface area contributed by atoms with Crippen molar-refractivity contribution in [1.82, 2.24) is 15.0 Å². The highest BCUT2D eigenvalue weighted by molar-refractivity contribution is 5.78. The Bertz CT molecular complexity index is 987. The average molecular weight is 401 g/mol. The molecule has 2 aromatic carbocycles. The molecule has 8 heteroatoms. The average Bonchev–Trinajstić information content (AvgIpc) is 2.81. The van der Waals surface area contributed by atoms with E-state index in [-0.39, 0.29) is 0 Å². The van der Waals surface area contributed by atoms with Crippen LogP contribution in [-0.4, -0.2) is 47.5 Å². The number of nitrogens with one attached hydrogen (secondary N) is 2. The molecule has 1 saturated heterocycles. The highest BCUT2D eigenvalue weighted by atomic mass is 16.5. The minimum absolute atomic E-state index is 0.370. The molecule has 0 bridgehead atoms. The lowest BCUT2D eigenvalue weighted by Crippen LogP contribution is -2.37. The van der Waals surface area contributed by atoms with Crippen LogP contribution in [0.4, 0.5) is 23.5 Å². The van der Waals surface area contributed by atoms with Gasteiger partial charge >= 0.3 is 0 Å². The minimum Gasteiger partial charge on any atom is -0.378 e. The van der Waals surface area contributed by atoms with Crippen LogP contribution in [0.2, 0.25) is 0 Å². The first-order chi connectivity index (χ1) is 14.9. The van der Waals surface area contributed by atoms with Crippen LogP contribution in [-0.2, 0) is 4.74 Å². The second-order valence-corrected chi connectivity index (χ2v) is 6.53. The van der Waals surface area contributed by atoms with Crippen LogP contribution in [0.25, 0.3) is 6.08 Å². The third-order valence-electron chi connectivity index (χ3n) is 4.36. The van der Waals surface area contributed by atoms with Gasteiger partial charge in [-0.3, -0.25) is 0 Å². The zero-order valence-corrected chi connectivity index (χ0v) is 16.5. The first-order valence-corrected chi connectivity index (χ1v) is 9.78. The van der Waals surface area contributed by atoms with E-state index in [4.69, 9.17) is 4.74 Å². The SMILES string of the molecule is C(/C=C/c1ccccc1)=N/Nc1nc(Nc2ccccc2)nc(N2CCOCC2)n1. The van der Waals surface area contributed by atoms with Crippen LogP contribution in [0.3, 0.4) is 0 Å². The monoisotopic (exact) mass is 401 g/mol. The number of hydrogen-bond acceptors (Lipinski definition) is 8. The summed E-state index contributed by atoms with van der Waals surface area (Å²) in [6.45, 7) is 2.77. The van der Waals surface area contributed by atoms with E-state index in [1.807, 2.05) is 72.8 Å². The van der Waals surface area contributed by atoms with Gasteiger partial charge in [-0.05, 0) is 23.8 Å². The first kappa shape index (κ1) is 19.5. The third-order valence-corrected chi connectivity index (χ3v) is 4.36. The van der Waals surface area contributed by atoms with E-state index in [0.717, 1.165) is 24.3 Å². The van der Waals surface area contributed by atoms with Crippen LogP contribution >= 0.6 is 0 Å². The molecule has 1 fully saturated rings. The molecule has 0 amide bonds. The normalized spacial score (nSPS) is 14.3. The molecule has 3 aromatic rings. The van der Waals surface area contributed by atoms with Crippen molar-refractivity contribution in [3.63, 3.8) is 0 Å². The number of morpholine rings is 1. The summed E-state index contributed by atoms with van der Waals surface area (Å²) in [4.78, 5) is 15.6. The van der Waals surface area contributed by atoms with E-state index in [1.54, 1.807) is 6.21 Å². The topological polar surface area (TPSA) is 87.6 Å². The van der Waals surface area contributed by atoms with Gasteiger partial charge in [0.05, 0.1) is 13.2 Å². The van der Waals surface area contributed by atoms with E-state index in [9.17, 15) is 0 Å². The van der Waals surface area contributed by atoms with Crippen molar-refractivity contribution >= 4 is 35.8 Å². The van der Waals surface area contributed by atoms with Crippen molar-refractivity contribution in [3.8, 4) is 0 Å². The molecule has 0 aliphatic carbocycles. The molecule has 2 heterocycles. The van der Waals surface area contributed by atoms with E-state index >= 15 is 0 Å². The molecule has 1 aliphatic heterocycles. The van der Waals surface area contributed by atoms with Gasteiger partial charge in [0.25, 0.3) is 0 Å². The summed E-state index contributed by atoms with van der Waals surface area (Å²) in [7, 11) is 0. The van der Waals surface area contributed by atoms with Crippen LogP contribution in [0.5, 0.6) is 0 Å². The highest BCUT2D eigenvalue weighted by Gasteiger charge is 2.16. The summed E-state index contributed by atoms with van der Waals surface area (Å²) >= 11 is 0. The molecule has 152 valence electrons. The summed E-state index contributed by atoms with van der Waals surface area (Å²) < 4.78 is 5.43. The second kappa shape index (κ2) is 10.1. The summed E-state index contributed by atoms with van der Waals surface area (Å²) in [6.07, 6.45) is 5.49. The first-order valence-electron chi connectivity index (χ1n) is 9.78. The molecule has 0 spiro atoms. The van der Waals surface area contributed by atoms with Crippen LogP contribution < -0.4 is 15.6 Å². The Morgan fingerprint density at radius 1 is 0.867 bits per heavy atom. The van der Waals surface area contributed by atoms with Gasteiger partial charge in [-0.15, -0.1) is 0 Å². The fourth-order valence-corrected chi connectivity index (χ4v) is 2.88. The number of ether oxygens (including phenoxy) is 1. The van der Waals surface area contributed by atoms with Crippen molar-refractivity contribution in [1.29, 1.82) is 0 Å². The van der Waals surface area contributed by atoms with Gasteiger partial charge in [-0.25, -0.2) is 5.43 Å². The van der Waals surface area contributed by atoms with Gasteiger partial charge < -0.3 is 15.0 Å². The second-order valence-electron chi connectivity index (χ2n) is 6.53. The lowest BCUT2D eigenvalue weighted by Gasteiger charge is -2.27. The fraction of sp³-hybridized carbons (Fsp3) is 0.182. The smallest absolute Gasteiger partial charge is 0.250 e. The summed E-state index contributed by atoms with van der Waals surface area (Å²) in [6, 6.07) is 19.8. The van der Waals surface area contributed by atoms with Gasteiger partial charge in [-0.2, -0.15) is 20.1 Å². The summed E-state index contributed by atoms with van der Waals surface area (Å²) in [5, 5.41) is 7.43. The standard InChI is InChI=1S/C22H23N7O/c1-3-8-18(9-4-1)10-7-13-23-28-21-25-20(24-19-11-5-2-6-12-19)26-22(27-21)29-14-16-30-17-15-29/h1-13H,14-17H2,(H2,24,25,26,27,28)/b10-7+,23-13-. The van der Waals surface area contributed by atoms with Gasteiger partial charge in [0.15, 0.2) is 0 Å². The number of allylic oxidation sites excluding steroid dienone is 1. The largest absolute Gasteiger partial charge is 0.378 e. The molecular weight excluding hydrogens is 378 g/mol. The Hall–Kier alpha value is -3.78. The molecule has 0 radical (unpaired) electrons. The molecule has 2 N–H and O–H groups in total. The molecular formula is C22H23N7O. The number of para-hydroxylation sites is 1. The molecule has 4 rings (SSSR count). The number of anilines is 4. The van der Waals surface area contributed by atoms with E-state index in [2.05, 4.69) is 35.7 Å². The molecule has 8 nitrogen and oxygen atoms in total. The quantitative estimate of drug-likeness (QED) is 0.462. The predicted molar refractivity (Wildman–Crippen MR) is 120 cm³/mol. The number of hydrazone groups is 1. The van der Waals surface area contributed by atoms with Gasteiger partial charge in [-0.1, -0.05) is 54.6 Å². The Labute approximate surface area is 175 Å². The third kappa shape index (κ3) is 5.62. The van der Waals surface area contributed by atoms with Crippen molar-refractivity contribution in [2.45, 2.75) is 0 Å². The summed E-state index contributed by atoms with van der Waals surface area (Å²) in [5.41, 5.74) is 4.90. The number of aromatic nitrogens is 3. The number of rotatable bonds is 7. The maximum Gasteiger partial charge on any atom is 0.250 e. The van der Waals surface area contributed by atoms with Crippen LogP contribution in [0, 0.1) is 0 Å². The highest BCUT2D eigenvalue weighted by Crippen LogP contribution is 2.18. The molecule has 30 heavy (non-hydrogen) atoms. The molecule has 0 atom stereocenters.